The minimum Gasteiger partial charge on any atom is -0.481 e. The van der Waals surface area contributed by atoms with Crippen LogP contribution < -0.4 is 0 Å². The summed E-state index contributed by atoms with van der Waals surface area (Å²) in [4.78, 5) is 25.3. The van der Waals surface area contributed by atoms with Gasteiger partial charge >= 0.3 is 5.97 Å². The van der Waals surface area contributed by atoms with Crippen molar-refractivity contribution in [2.75, 3.05) is 0 Å². The van der Waals surface area contributed by atoms with Crippen molar-refractivity contribution in [1.29, 1.82) is 0 Å². The summed E-state index contributed by atoms with van der Waals surface area (Å²) >= 11 is 0. The highest BCUT2D eigenvalue weighted by Gasteiger charge is 2.83. The third kappa shape index (κ3) is 1.27. The number of carboxylic acid groups (broad SMARTS) is 1. The van der Waals surface area contributed by atoms with E-state index in [1.54, 1.807) is 0 Å². The monoisotopic (exact) mass is 316 g/mol. The van der Waals surface area contributed by atoms with Gasteiger partial charge in [-0.15, -0.1) is 0 Å². The Morgan fingerprint density at radius 2 is 1.83 bits per heavy atom. The lowest BCUT2D eigenvalue weighted by Gasteiger charge is -2.64. The minimum atomic E-state index is -0.616. The molecule has 8 atom stereocenters. The highest BCUT2D eigenvalue weighted by Crippen LogP contribution is 2.83. The molecule has 0 aromatic carbocycles. The van der Waals surface area contributed by atoms with Crippen molar-refractivity contribution in [3.8, 4) is 0 Å². The quantitative estimate of drug-likeness (QED) is 0.798. The first kappa shape index (κ1) is 14.5. The minimum absolute atomic E-state index is 0.00443. The second kappa shape index (κ2) is 3.70. The summed E-state index contributed by atoms with van der Waals surface area (Å²) < 4.78 is 0. The molecule has 23 heavy (non-hydrogen) atoms. The fraction of sp³-hybridized carbons (Fsp3) is 0.900. The summed E-state index contributed by atoms with van der Waals surface area (Å²) in [6.45, 7) is 6.53. The van der Waals surface area contributed by atoms with Crippen molar-refractivity contribution in [3.05, 3.63) is 0 Å². The number of aliphatic carboxylic acids is 1. The van der Waals surface area contributed by atoms with E-state index in [9.17, 15) is 14.7 Å². The van der Waals surface area contributed by atoms with Gasteiger partial charge in [0.25, 0.3) is 0 Å². The summed E-state index contributed by atoms with van der Waals surface area (Å²) in [6, 6.07) is 0. The molecular weight excluding hydrogens is 288 g/mol. The van der Waals surface area contributed by atoms with Gasteiger partial charge in [0.2, 0.25) is 0 Å². The second-order valence-corrected chi connectivity index (χ2v) is 10.1. The first-order chi connectivity index (χ1) is 10.7. The van der Waals surface area contributed by atoms with Crippen molar-refractivity contribution < 1.29 is 14.7 Å². The molecule has 0 aromatic heterocycles. The molecule has 0 amide bonds. The van der Waals surface area contributed by atoms with Crippen molar-refractivity contribution >= 4 is 11.8 Å². The van der Waals surface area contributed by atoms with Crippen LogP contribution in [0, 0.1) is 45.3 Å². The number of fused-ring (bicyclic) bond motifs is 1. The summed E-state index contributed by atoms with van der Waals surface area (Å²) in [5.41, 5.74) is -0.625. The molecule has 6 fully saturated rings. The number of Topliss-reactive ketones (excluding diaryl/α,β-unsaturated/α-hetero) is 1. The van der Waals surface area contributed by atoms with Gasteiger partial charge in [-0.2, -0.15) is 0 Å². The highest BCUT2D eigenvalue weighted by molar-refractivity contribution is 5.98. The Balaban J connectivity index is 1.60. The van der Waals surface area contributed by atoms with Crippen LogP contribution in [-0.2, 0) is 9.59 Å². The SMILES string of the molecule is C[C@@]12CCC[C@@](C)(C(=O)O)[C@H]1CC[C@@]13C[C@H]4[C@H](C[C@H]12)[C@]4(C)C3=O. The maximum absolute atomic E-state index is 13.3. The molecule has 126 valence electrons. The standard InChI is InChI=1S/C20H28O3/c1-17-6-4-7-18(2,16(22)23)13(17)5-8-20-10-12-11(9-14(17)20)19(12,3)15(20)21/h11-14H,4-10H2,1-3H3,(H,22,23)/t11-,12-,13-,14-,17+,18+,19-,20+/m0/s1. The Morgan fingerprint density at radius 3 is 2.43 bits per heavy atom. The summed E-state index contributed by atoms with van der Waals surface area (Å²) in [7, 11) is 0. The molecule has 0 unspecified atom stereocenters. The topological polar surface area (TPSA) is 54.4 Å². The average Bonchev–Trinajstić information content (AvgIpc) is 3.03. The molecule has 4 bridgehead atoms. The Labute approximate surface area is 138 Å². The molecular formula is C20H28O3. The molecule has 0 aliphatic heterocycles. The van der Waals surface area contributed by atoms with Crippen LogP contribution in [-0.4, -0.2) is 16.9 Å². The molecule has 3 heteroatoms. The molecule has 1 N–H and O–H groups in total. The van der Waals surface area contributed by atoms with Crippen molar-refractivity contribution in [1.82, 2.24) is 0 Å². The van der Waals surface area contributed by atoms with Crippen LogP contribution in [0.5, 0.6) is 0 Å². The molecule has 1 spiro atoms. The van der Waals surface area contributed by atoms with Crippen molar-refractivity contribution in [3.63, 3.8) is 0 Å². The van der Waals surface area contributed by atoms with Crippen LogP contribution in [0.2, 0.25) is 0 Å². The fourth-order valence-corrected chi connectivity index (χ4v) is 8.53. The predicted octanol–water partition coefficient (Wildman–Crippen LogP) is 3.91. The number of carbonyl (C=O) groups excluding carboxylic acids is 1. The van der Waals surface area contributed by atoms with Crippen LogP contribution >= 0.6 is 0 Å². The van der Waals surface area contributed by atoms with E-state index in [0.29, 0.717) is 23.5 Å². The van der Waals surface area contributed by atoms with Gasteiger partial charge in [-0.25, -0.2) is 0 Å². The first-order valence-electron chi connectivity index (χ1n) is 9.49. The third-order valence-electron chi connectivity index (χ3n) is 9.74. The summed E-state index contributed by atoms with van der Waals surface area (Å²) in [6.07, 6.45) is 7.13. The molecule has 6 saturated carbocycles. The highest BCUT2D eigenvalue weighted by atomic mass is 16.4. The Morgan fingerprint density at radius 1 is 1.09 bits per heavy atom. The zero-order valence-corrected chi connectivity index (χ0v) is 14.5. The number of carboxylic acids is 1. The molecule has 6 rings (SSSR count). The van der Waals surface area contributed by atoms with E-state index in [1.807, 2.05) is 6.92 Å². The molecule has 0 radical (unpaired) electrons. The van der Waals surface area contributed by atoms with E-state index in [1.165, 1.54) is 6.42 Å². The van der Waals surface area contributed by atoms with Crippen molar-refractivity contribution in [2.24, 2.45) is 45.3 Å². The van der Waals surface area contributed by atoms with Gasteiger partial charge in [-0.05, 0) is 74.5 Å². The van der Waals surface area contributed by atoms with E-state index in [-0.39, 0.29) is 22.2 Å². The fourth-order valence-electron chi connectivity index (χ4n) is 8.53. The number of hydrogen-bond acceptors (Lipinski definition) is 2. The van der Waals surface area contributed by atoms with Crippen LogP contribution in [0.25, 0.3) is 0 Å². The molecule has 0 heterocycles. The van der Waals surface area contributed by atoms with Crippen LogP contribution in [0.4, 0.5) is 0 Å². The van der Waals surface area contributed by atoms with E-state index < -0.39 is 11.4 Å². The van der Waals surface area contributed by atoms with Crippen LogP contribution in [0.3, 0.4) is 0 Å². The summed E-state index contributed by atoms with van der Waals surface area (Å²) in [5.74, 6) is 1.90. The van der Waals surface area contributed by atoms with E-state index in [2.05, 4.69) is 13.8 Å². The molecule has 6 aliphatic rings. The molecule has 6 aliphatic carbocycles. The Kier molecular flexibility index (Phi) is 2.33. The number of carbonyl (C=O) groups is 2. The normalized spacial score (nSPS) is 62.5. The van der Waals surface area contributed by atoms with Gasteiger partial charge in [0, 0.05) is 10.8 Å². The van der Waals surface area contributed by atoms with Crippen LogP contribution in [0.1, 0.15) is 65.7 Å². The zero-order valence-electron chi connectivity index (χ0n) is 14.5. The van der Waals surface area contributed by atoms with Gasteiger partial charge in [-0.1, -0.05) is 20.3 Å². The molecule has 3 nitrogen and oxygen atoms in total. The lowest BCUT2D eigenvalue weighted by molar-refractivity contribution is -0.188. The van der Waals surface area contributed by atoms with E-state index in [0.717, 1.165) is 38.5 Å². The van der Waals surface area contributed by atoms with Crippen LogP contribution in [0.15, 0.2) is 0 Å². The lowest BCUT2D eigenvalue weighted by atomic mass is 9.39. The second-order valence-electron chi connectivity index (χ2n) is 10.1. The maximum Gasteiger partial charge on any atom is 0.309 e. The van der Waals surface area contributed by atoms with E-state index >= 15 is 0 Å². The van der Waals surface area contributed by atoms with Gasteiger partial charge < -0.3 is 5.11 Å². The zero-order chi connectivity index (χ0) is 16.4. The van der Waals surface area contributed by atoms with Gasteiger partial charge in [0.15, 0.2) is 0 Å². The summed E-state index contributed by atoms with van der Waals surface area (Å²) in [5, 5.41) is 9.91. The Bertz CT molecular complexity index is 641. The maximum atomic E-state index is 13.3. The number of ketones is 1. The third-order valence-corrected chi connectivity index (χ3v) is 9.74. The number of hydrogen-bond donors (Lipinski definition) is 1. The smallest absolute Gasteiger partial charge is 0.309 e. The van der Waals surface area contributed by atoms with Gasteiger partial charge in [-0.3, -0.25) is 9.59 Å². The molecule has 0 aromatic rings. The average molecular weight is 316 g/mol. The van der Waals surface area contributed by atoms with Gasteiger partial charge in [0.1, 0.15) is 5.78 Å². The van der Waals surface area contributed by atoms with Gasteiger partial charge in [0.05, 0.1) is 5.41 Å². The molecule has 0 saturated heterocycles. The van der Waals surface area contributed by atoms with Crippen molar-refractivity contribution in [2.45, 2.75) is 65.7 Å². The lowest BCUT2D eigenvalue weighted by Crippen LogP contribution is -2.61. The predicted molar refractivity (Wildman–Crippen MR) is 85.7 cm³/mol. The Hall–Kier alpha value is -0.860. The first-order valence-corrected chi connectivity index (χ1v) is 9.49. The number of rotatable bonds is 1. The largest absolute Gasteiger partial charge is 0.481 e. The van der Waals surface area contributed by atoms with E-state index in [4.69, 9.17) is 0 Å².